The van der Waals surface area contributed by atoms with Crippen molar-refractivity contribution >= 4 is 0 Å². The molecule has 1 heterocycles. The molecular formula is C11H14O3. The predicted molar refractivity (Wildman–Crippen MR) is 52.1 cm³/mol. The molecule has 0 fully saturated rings. The Labute approximate surface area is 83.3 Å². The third-order valence-electron chi connectivity index (χ3n) is 2.36. The van der Waals surface area contributed by atoms with Gasteiger partial charge in [0.1, 0.15) is 12.4 Å². The first-order valence-corrected chi connectivity index (χ1v) is 4.66. The molecule has 1 aliphatic heterocycles. The Hall–Kier alpha value is -1.06. The molecule has 1 aromatic rings. The van der Waals surface area contributed by atoms with Crippen molar-refractivity contribution in [2.75, 3.05) is 6.61 Å². The highest BCUT2D eigenvalue weighted by molar-refractivity contribution is 5.37. The van der Waals surface area contributed by atoms with E-state index >= 15 is 0 Å². The van der Waals surface area contributed by atoms with Gasteiger partial charge in [0, 0.05) is 12.5 Å². The molecule has 1 atom stereocenters. The maximum Gasteiger partial charge on any atom is 0.231 e. The van der Waals surface area contributed by atoms with Crippen LogP contribution < -0.4 is 4.74 Å². The molecule has 0 amide bonds. The first-order valence-electron chi connectivity index (χ1n) is 4.66. The van der Waals surface area contributed by atoms with E-state index in [0.717, 1.165) is 11.3 Å². The van der Waals surface area contributed by atoms with Gasteiger partial charge in [0.15, 0.2) is 0 Å². The average molecular weight is 194 g/mol. The van der Waals surface area contributed by atoms with Gasteiger partial charge in [0.25, 0.3) is 0 Å². The molecule has 0 saturated carbocycles. The van der Waals surface area contributed by atoms with Crippen molar-refractivity contribution in [1.29, 1.82) is 0 Å². The maximum absolute atomic E-state index is 9.08. The summed E-state index contributed by atoms with van der Waals surface area (Å²) in [4.78, 5) is 0. The normalized spacial score (nSPS) is 25.4. The van der Waals surface area contributed by atoms with Crippen molar-refractivity contribution in [2.24, 2.45) is 0 Å². The SMILES string of the molecule is Cc1ccc2c(c1)COC(C)(CO)O2. The second-order valence-corrected chi connectivity index (χ2v) is 3.79. The van der Waals surface area contributed by atoms with Gasteiger partial charge in [-0.1, -0.05) is 17.7 Å². The first kappa shape index (κ1) is 9.49. The van der Waals surface area contributed by atoms with E-state index in [-0.39, 0.29) is 6.61 Å². The second kappa shape index (κ2) is 3.26. The minimum Gasteiger partial charge on any atom is -0.460 e. The lowest BCUT2D eigenvalue weighted by atomic mass is 10.1. The molecule has 0 aromatic heterocycles. The number of hydrogen-bond donors (Lipinski definition) is 1. The summed E-state index contributed by atoms with van der Waals surface area (Å²) in [6.07, 6.45) is 0. The number of aliphatic hydroxyl groups excluding tert-OH is 1. The molecule has 1 aliphatic rings. The number of fused-ring (bicyclic) bond motifs is 1. The zero-order valence-corrected chi connectivity index (χ0v) is 8.41. The molecule has 3 heteroatoms. The van der Waals surface area contributed by atoms with E-state index in [1.807, 2.05) is 25.1 Å². The van der Waals surface area contributed by atoms with E-state index in [1.165, 1.54) is 5.56 Å². The molecule has 0 saturated heterocycles. The van der Waals surface area contributed by atoms with Crippen LogP contribution in [0.15, 0.2) is 18.2 Å². The van der Waals surface area contributed by atoms with Gasteiger partial charge in [-0.2, -0.15) is 0 Å². The van der Waals surface area contributed by atoms with Crippen LogP contribution in [0.2, 0.25) is 0 Å². The van der Waals surface area contributed by atoms with Gasteiger partial charge in [-0.15, -0.1) is 0 Å². The topological polar surface area (TPSA) is 38.7 Å². The Bertz CT molecular complexity index is 348. The Morgan fingerprint density at radius 1 is 1.50 bits per heavy atom. The molecule has 0 bridgehead atoms. The minimum absolute atomic E-state index is 0.139. The highest BCUT2D eigenvalue weighted by Crippen LogP contribution is 2.31. The lowest BCUT2D eigenvalue weighted by Crippen LogP contribution is -2.42. The van der Waals surface area contributed by atoms with Crippen molar-refractivity contribution in [3.8, 4) is 5.75 Å². The van der Waals surface area contributed by atoms with Crippen molar-refractivity contribution in [1.82, 2.24) is 0 Å². The number of aliphatic hydroxyl groups is 1. The van der Waals surface area contributed by atoms with Gasteiger partial charge < -0.3 is 14.6 Å². The summed E-state index contributed by atoms with van der Waals surface area (Å²) in [5.74, 6) is -0.0826. The lowest BCUT2D eigenvalue weighted by Gasteiger charge is -2.34. The van der Waals surface area contributed by atoms with Gasteiger partial charge in [-0.3, -0.25) is 0 Å². The van der Waals surface area contributed by atoms with Crippen LogP contribution in [0.25, 0.3) is 0 Å². The minimum atomic E-state index is -0.887. The molecule has 0 spiro atoms. The standard InChI is InChI=1S/C11H14O3/c1-8-3-4-10-9(5-8)6-13-11(2,7-12)14-10/h3-5,12H,6-7H2,1-2H3. The quantitative estimate of drug-likeness (QED) is 0.738. The largest absolute Gasteiger partial charge is 0.460 e. The fraction of sp³-hybridized carbons (Fsp3) is 0.455. The summed E-state index contributed by atoms with van der Waals surface area (Å²) in [5, 5.41) is 9.08. The van der Waals surface area contributed by atoms with Crippen molar-refractivity contribution < 1.29 is 14.6 Å². The van der Waals surface area contributed by atoms with Crippen molar-refractivity contribution in [3.63, 3.8) is 0 Å². The Morgan fingerprint density at radius 3 is 3.00 bits per heavy atom. The number of rotatable bonds is 1. The van der Waals surface area contributed by atoms with E-state index in [1.54, 1.807) is 6.92 Å². The van der Waals surface area contributed by atoms with Crippen LogP contribution >= 0.6 is 0 Å². The summed E-state index contributed by atoms with van der Waals surface area (Å²) in [5.41, 5.74) is 2.22. The smallest absolute Gasteiger partial charge is 0.231 e. The summed E-state index contributed by atoms with van der Waals surface area (Å²) >= 11 is 0. The number of ether oxygens (including phenoxy) is 2. The molecule has 0 radical (unpaired) electrons. The molecule has 1 N–H and O–H groups in total. The monoisotopic (exact) mass is 194 g/mol. The molecule has 1 aromatic carbocycles. The molecule has 76 valence electrons. The van der Waals surface area contributed by atoms with E-state index in [0.29, 0.717) is 6.61 Å². The zero-order chi connectivity index (χ0) is 10.2. The molecule has 3 nitrogen and oxygen atoms in total. The van der Waals surface area contributed by atoms with Gasteiger partial charge in [-0.05, 0) is 13.0 Å². The maximum atomic E-state index is 9.08. The predicted octanol–water partition coefficient (Wildman–Crippen LogP) is 1.61. The molecule has 0 aliphatic carbocycles. The van der Waals surface area contributed by atoms with Gasteiger partial charge in [0.05, 0.1) is 6.61 Å². The zero-order valence-electron chi connectivity index (χ0n) is 8.41. The Balaban J connectivity index is 2.31. The summed E-state index contributed by atoms with van der Waals surface area (Å²) in [6, 6.07) is 5.94. The molecule has 1 unspecified atom stereocenters. The second-order valence-electron chi connectivity index (χ2n) is 3.79. The Kier molecular flexibility index (Phi) is 2.21. The highest BCUT2D eigenvalue weighted by Gasteiger charge is 2.31. The summed E-state index contributed by atoms with van der Waals surface area (Å²) in [7, 11) is 0. The summed E-state index contributed by atoms with van der Waals surface area (Å²) < 4.78 is 11.0. The van der Waals surface area contributed by atoms with Crippen molar-refractivity contribution in [2.45, 2.75) is 26.2 Å². The number of benzene rings is 1. The van der Waals surface area contributed by atoms with E-state index < -0.39 is 5.79 Å². The van der Waals surface area contributed by atoms with Crippen LogP contribution in [0.1, 0.15) is 18.1 Å². The summed E-state index contributed by atoms with van der Waals surface area (Å²) in [6.45, 7) is 4.12. The number of aryl methyl sites for hydroxylation is 1. The van der Waals surface area contributed by atoms with Crippen LogP contribution in [0.5, 0.6) is 5.75 Å². The third kappa shape index (κ3) is 1.61. The lowest BCUT2D eigenvalue weighted by molar-refractivity contribution is -0.213. The van der Waals surface area contributed by atoms with Gasteiger partial charge in [0.2, 0.25) is 5.79 Å². The van der Waals surface area contributed by atoms with Crippen LogP contribution in [0.3, 0.4) is 0 Å². The van der Waals surface area contributed by atoms with Crippen LogP contribution in [0.4, 0.5) is 0 Å². The molecular weight excluding hydrogens is 180 g/mol. The van der Waals surface area contributed by atoms with E-state index in [4.69, 9.17) is 14.6 Å². The highest BCUT2D eigenvalue weighted by atomic mass is 16.7. The van der Waals surface area contributed by atoms with Crippen LogP contribution in [0, 0.1) is 6.92 Å². The third-order valence-corrected chi connectivity index (χ3v) is 2.36. The Morgan fingerprint density at radius 2 is 2.29 bits per heavy atom. The van der Waals surface area contributed by atoms with Crippen LogP contribution in [-0.4, -0.2) is 17.5 Å². The van der Waals surface area contributed by atoms with Gasteiger partial charge >= 0.3 is 0 Å². The van der Waals surface area contributed by atoms with E-state index in [2.05, 4.69) is 0 Å². The van der Waals surface area contributed by atoms with Gasteiger partial charge in [-0.25, -0.2) is 0 Å². The molecule has 2 rings (SSSR count). The fourth-order valence-corrected chi connectivity index (χ4v) is 1.49. The average Bonchev–Trinajstić information content (AvgIpc) is 2.19. The first-order chi connectivity index (χ1) is 6.63. The van der Waals surface area contributed by atoms with E-state index in [9.17, 15) is 0 Å². The fourth-order valence-electron chi connectivity index (χ4n) is 1.49. The molecule has 14 heavy (non-hydrogen) atoms. The van der Waals surface area contributed by atoms with Crippen molar-refractivity contribution in [3.05, 3.63) is 29.3 Å². The number of hydrogen-bond acceptors (Lipinski definition) is 3. The van der Waals surface area contributed by atoms with Crippen LogP contribution in [-0.2, 0) is 11.3 Å².